The maximum atomic E-state index is 12.2. The van der Waals surface area contributed by atoms with E-state index in [1.54, 1.807) is 18.2 Å². The lowest BCUT2D eigenvalue weighted by molar-refractivity contribution is 0.0468. The summed E-state index contributed by atoms with van der Waals surface area (Å²) in [5.41, 5.74) is 2.04. The monoisotopic (exact) mass is 389 g/mol. The van der Waals surface area contributed by atoms with Crippen molar-refractivity contribution < 1.29 is 19.0 Å². The first-order valence-electron chi connectivity index (χ1n) is 7.70. The third-order valence-electron chi connectivity index (χ3n) is 3.61. The van der Waals surface area contributed by atoms with Crippen molar-refractivity contribution in [2.45, 2.75) is 6.61 Å². The maximum absolute atomic E-state index is 12.2. The average Bonchev–Trinajstić information content (AvgIpc) is 3.15. The van der Waals surface area contributed by atoms with Crippen LogP contribution in [0.2, 0.25) is 5.02 Å². The van der Waals surface area contributed by atoms with E-state index in [0.717, 1.165) is 10.6 Å². The molecule has 0 spiro atoms. The summed E-state index contributed by atoms with van der Waals surface area (Å²) in [6.45, 7) is 0.0945. The first-order valence-corrected chi connectivity index (χ1v) is 8.96. The summed E-state index contributed by atoms with van der Waals surface area (Å²) >= 11 is 7.38. The lowest BCUT2D eigenvalue weighted by Gasteiger charge is -2.09. The number of rotatable bonds is 6. The Hall–Kier alpha value is -2.57. The molecule has 0 saturated heterocycles. The molecule has 134 valence electrons. The van der Waals surface area contributed by atoms with E-state index in [-0.39, 0.29) is 6.61 Å². The molecule has 0 bridgehead atoms. The Morgan fingerprint density at radius 3 is 2.50 bits per heavy atom. The second-order valence-corrected chi connectivity index (χ2v) is 6.59. The highest BCUT2D eigenvalue weighted by Gasteiger charge is 2.13. The van der Waals surface area contributed by atoms with Crippen LogP contribution in [0.4, 0.5) is 0 Å². The smallest absolute Gasteiger partial charge is 0.338 e. The minimum absolute atomic E-state index is 0.0945. The van der Waals surface area contributed by atoms with Gasteiger partial charge in [-0.2, -0.15) is 0 Å². The summed E-state index contributed by atoms with van der Waals surface area (Å²) in [7, 11) is 3.05. The Bertz CT molecular complexity index is 908. The summed E-state index contributed by atoms with van der Waals surface area (Å²) in [4.78, 5) is 16.7. The van der Waals surface area contributed by atoms with Gasteiger partial charge in [0.15, 0.2) is 11.5 Å². The molecule has 5 nitrogen and oxygen atoms in total. The van der Waals surface area contributed by atoms with Crippen LogP contribution in [-0.4, -0.2) is 25.2 Å². The number of halogens is 1. The number of thiazole rings is 1. The number of hydrogen-bond donors (Lipinski definition) is 0. The van der Waals surface area contributed by atoms with Gasteiger partial charge in [0.25, 0.3) is 0 Å². The molecule has 0 unspecified atom stereocenters. The highest BCUT2D eigenvalue weighted by molar-refractivity contribution is 7.13. The van der Waals surface area contributed by atoms with E-state index < -0.39 is 5.97 Å². The first kappa shape index (κ1) is 18.2. The van der Waals surface area contributed by atoms with Crippen molar-refractivity contribution >= 4 is 28.9 Å². The molecular formula is C19H16ClNO4S. The number of carbonyl (C=O) groups is 1. The summed E-state index contributed by atoms with van der Waals surface area (Å²) in [6, 6.07) is 12.3. The number of benzene rings is 2. The summed E-state index contributed by atoms with van der Waals surface area (Å²) < 4.78 is 15.7. The Balaban J connectivity index is 1.66. The largest absolute Gasteiger partial charge is 0.493 e. The molecule has 0 radical (unpaired) electrons. The molecule has 2 aromatic carbocycles. The summed E-state index contributed by atoms with van der Waals surface area (Å²) in [6.07, 6.45) is 0. The SMILES string of the molecule is COc1ccc(C(=O)OCc2csc(-c3ccc(Cl)cc3)n2)cc1OC. The topological polar surface area (TPSA) is 57.7 Å². The molecule has 0 fully saturated rings. The van der Waals surface area contributed by atoms with Gasteiger partial charge in [-0.05, 0) is 30.3 Å². The van der Waals surface area contributed by atoms with E-state index in [9.17, 15) is 4.79 Å². The molecule has 3 aromatic rings. The summed E-state index contributed by atoms with van der Waals surface area (Å²) in [5.74, 6) is 0.573. The van der Waals surface area contributed by atoms with Gasteiger partial charge >= 0.3 is 5.97 Å². The molecule has 0 aliphatic carbocycles. The quantitative estimate of drug-likeness (QED) is 0.565. The van der Waals surface area contributed by atoms with Crippen molar-refractivity contribution in [2.24, 2.45) is 0 Å². The third kappa shape index (κ3) is 4.15. The summed E-state index contributed by atoms with van der Waals surface area (Å²) in [5, 5.41) is 3.39. The molecule has 1 aromatic heterocycles. The fraction of sp³-hybridized carbons (Fsp3) is 0.158. The standard InChI is InChI=1S/C19H16ClNO4S/c1-23-16-8-5-13(9-17(16)24-2)19(22)25-10-15-11-26-18(21-15)12-3-6-14(20)7-4-12/h3-9,11H,10H2,1-2H3. The molecule has 0 saturated carbocycles. The highest BCUT2D eigenvalue weighted by atomic mass is 35.5. The van der Waals surface area contributed by atoms with Gasteiger partial charge in [0, 0.05) is 16.0 Å². The number of aromatic nitrogens is 1. The number of esters is 1. The van der Waals surface area contributed by atoms with Gasteiger partial charge in [-0.25, -0.2) is 9.78 Å². The average molecular weight is 390 g/mol. The predicted molar refractivity (Wildman–Crippen MR) is 101 cm³/mol. The van der Waals surface area contributed by atoms with Crippen molar-refractivity contribution in [1.29, 1.82) is 0 Å². The Morgan fingerprint density at radius 1 is 1.08 bits per heavy atom. The van der Waals surface area contributed by atoms with E-state index in [1.807, 2.05) is 29.6 Å². The number of carbonyl (C=O) groups excluding carboxylic acids is 1. The lowest BCUT2D eigenvalue weighted by atomic mass is 10.2. The van der Waals surface area contributed by atoms with Crippen LogP contribution in [0.15, 0.2) is 47.8 Å². The van der Waals surface area contributed by atoms with E-state index in [4.69, 9.17) is 25.8 Å². The minimum Gasteiger partial charge on any atom is -0.493 e. The fourth-order valence-corrected chi connectivity index (χ4v) is 3.22. The van der Waals surface area contributed by atoms with Crippen LogP contribution in [-0.2, 0) is 11.3 Å². The number of hydrogen-bond acceptors (Lipinski definition) is 6. The van der Waals surface area contributed by atoms with Gasteiger partial charge in [0.1, 0.15) is 11.6 Å². The third-order valence-corrected chi connectivity index (χ3v) is 4.81. The van der Waals surface area contributed by atoms with Crippen molar-refractivity contribution in [1.82, 2.24) is 4.98 Å². The fourth-order valence-electron chi connectivity index (χ4n) is 2.28. The van der Waals surface area contributed by atoms with Crippen LogP contribution < -0.4 is 9.47 Å². The van der Waals surface area contributed by atoms with E-state index in [2.05, 4.69) is 4.98 Å². The Labute approximate surface area is 160 Å². The molecule has 0 aliphatic heterocycles. The number of nitrogens with zero attached hydrogens (tertiary/aromatic N) is 1. The molecule has 0 aliphatic rings. The van der Waals surface area contributed by atoms with E-state index in [1.165, 1.54) is 25.6 Å². The number of methoxy groups -OCH3 is 2. The Kier molecular flexibility index (Phi) is 5.75. The second-order valence-electron chi connectivity index (χ2n) is 5.30. The molecule has 0 amide bonds. The molecule has 3 rings (SSSR count). The zero-order chi connectivity index (χ0) is 18.5. The van der Waals surface area contributed by atoms with Crippen LogP contribution >= 0.6 is 22.9 Å². The molecule has 26 heavy (non-hydrogen) atoms. The molecular weight excluding hydrogens is 374 g/mol. The highest BCUT2D eigenvalue weighted by Crippen LogP contribution is 2.28. The zero-order valence-electron chi connectivity index (χ0n) is 14.2. The lowest BCUT2D eigenvalue weighted by Crippen LogP contribution is -2.06. The van der Waals surface area contributed by atoms with Crippen molar-refractivity contribution in [3.05, 3.63) is 64.1 Å². The van der Waals surface area contributed by atoms with Crippen LogP contribution in [0.1, 0.15) is 16.1 Å². The van der Waals surface area contributed by atoms with Gasteiger partial charge in [0.05, 0.1) is 25.5 Å². The number of ether oxygens (including phenoxy) is 3. The predicted octanol–water partition coefficient (Wildman–Crippen LogP) is 4.84. The maximum Gasteiger partial charge on any atom is 0.338 e. The van der Waals surface area contributed by atoms with E-state index in [0.29, 0.717) is 27.8 Å². The molecule has 0 atom stereocenters. The first-order chi connectivity index (χ1) is 12.6. The zero-order valence-corrected chi connectivity index (χ0v) is 15.8. The molecule has 7 heteroatoms. The Morgan fingerprint density at radius 2 is 1.81 bits per heavy atom. The van der Waals surface area contributed by atoms with Gasteiger partial charge < -0.3 is 14.2 Å². The minimum atomic E-state index is -0.452. The molecule has 0 N–H and O–H groups in total. The van der Waals surface area contributed by atoms with Crippen LogP contribution in [0, 0.1) is 0 Å². The van der Waals surface area contributed by atoms with Crippen LogP contribution in [0.3, 0.4) is 0 Å². The second kappa shape index (κ2) is 8.21. The van der Waals surface area contributed by atoms with Crippen molar-refractivity contribution in [2.75, 3.05) is 14.2 Å². The van der Waals surface area contributed by atoms with E-state index >= 15 is 0 Å². The van der Waals surface area contributed by atoms with Gasteiger partial charge in [0.2, 0.25) is 0 Å². The van der Waals surface area contributed by atoms with Gasteiger partial charge in [-0.3, -0.25) is 0 Å². The van der Waals surface area contributed by atoms with Crippen molar-refractivity contribution in [3.63, 3.8) is 0 Å². The van der Waals surface area contributed by atoms with Gasteiger partial charge in [-0.15, -0.1) is 11.3 Å². The van der Waals surface area contributed by atoms with Crippen molar-refractivity contribution in [3.8, 4) is 22.1 Å². The van der Waals surface area contributed by atoms with Crippen LogP contribution in [0.5, 0.6) is 11.5 Å². The molecule has 1 heterocycles. The van der Waals surface area contributed by atoms with Crippen LogP contribution in [0.25, 0.3) is 10.6 Å². The normalized spacial score (nSPS) is 10.4. The van der Waals surface area contributed by atoms with Gasteiger partial charge in [-0.1, -0.05) is 23.7 Å².